The van der Waals surface area contributed by atoms with Gasteiger partial charge in [-0.05, 0) is 30.7 Å². The molecular weight excluding hydrogens is 202 g/mol. The maximum absolute atomic E-state index is 11.1. The first kappa shape index (κ1) is 10.4. The molecule has 3 N–H and O–H groups in total. The van der Waals surface area contributed by atoms with Crippen molar-refractivity contribution in [2.24, 2.45) is 10.7 Å². The number of nitrogens with two attached hydrogens (primary N) is 1. The molecule has 0 aromatic heterocycles. The lowest BCUT2D eigenvalue weighted by Crippen LogP contribution is -2.18. The van der Waals surface area contributed by atoms with Gasteiger partial charge in [-0.2, -0.15) is 0 Å². The van der Waals surface area contributed by atoms with E-state index in [4.69, 9.17) is 5.73 Å². The first-order valence-corrected chi connectivity index (χ1v) is 5.07. The van der Waals surface area contributed by atoms with Crippen LogP contribution in [0.2, 0.25) is 0 Å². The van der Waals surface area contributed by atoms with Crippen molar-refractivity contribution in [3.8, 4) is 0 Å². The molecule has 1 aromatic carbocycles. The fourth-order valence-corrected chi connectivity index (χ4v) is 1.52. The molecule has 16 heavy (non-hydrogen) atoms. The molecular formula is C12H13N3O. The number of anilines is 1. The zero-order chi connectivity index (χ0) is 11.5. The number of nitrogens with zero attached hydrogens (tertiary/aromatic N) is 1. The predicted molar refractivity (Wildman–Crippen MR) is 65.0 cm³/mol. The highest BCUT2D eigenvalue weighted by atomic mass is 16.1. The second-order valence-electron chi connectivity index (χ2n) is 3.68. The second-order valence-corrected chi connectivity index (χ2v) is 3.68. The van der Waals surface area contributed by atoms with Crippen LogP contribution in [0.15, 0.2) is 35.5 Å². The van der Waals surface area contributed by atoms with Crippen molar-refractivity contribution in [1.82, 2.24) is 0 Å². The van der Waals surface area contributed by atoms with E-state index in [9.17, 15) is 4.79 Å². The Bertz CT molecular complexity index is 477. The Hall–Kier alpha value is -2.10. The number of allylic oxidation sites excluding steroid dienone is 1. The van der Waals surface area contributed by atoms with Gasteiger partial charge in [-0.15, -0.1) is 0 Å². The lowest BCUT2D eigenvalue weighted by molar-refractivity contribution is -0.119. The van der Waals surface area contributed by atoms with Gasteiger partial charge in [-0.25, -0.2) is 0 Å². The van der Waals surface area contributed by atoms with Gasteiger partial charge in [0.2, 0.25) is 5.91 Å². The number of amides is 1. The van der Waals surface area contributed by atoms with Gasteiger partial charge >= 0.3 is 0 Å². The minimum atomic E-state index is -0.326. The summed E-state index contributed by atoms with van der Waals surface area (Å²) in [6, 6.07) is 5.65. The molecule has 1 unspecified atom stereocenters. The molecule has 0 bridgehead atoms. The van der Waals surface area contributed by atoms with E-state index in [1.54, 1.807) is 19.3 Å². The quantitative estimate of drug-likeness (QED) is 0.791. The van der Waals surface area contributed by atoms with E-state index in [1.165, 1.54) is 0 Å². The van der Waals surface area contributed by atoms with Crippen LogP contribution in [-0.4, -0.2) is 12.1 Å². The maximum Gasteiger partial charge on any atom is 0.224 e. The standard InChI is InChI=1S/C12H13N3O/c1-8(12(13)16)9-3-4-10-11(7-9)15-6-2-5-14-10/h2-8,15H,1H3,(H2,13,16). The summed E-state index contributed by atoms with van der Waals surface area (Å²) >= 11 is 0. The second kappa shape index (κ2) is 4.18. The average Bonchev–Trinajstić information content (AvgIpc) is 2.51. The minimum Gasteiger partial charge on any atom is -0.369 e. The Morgan fingerprint density at radius 2 is 2.31 bits per heavy atom. The van der Waals surface area contributed by atoms with Gasteiger partial charge in [-0.3, -0.25) is 9.79 Å². The van der Waals surface area contributed by atoms with Crippen molar-refractivity contribution in [2.45, 2.75) is 12.8 Å². The van der Waals surface area contributed by atoms with Gasteiger partial charge in [0.1, 0.15) is 0 Å². The number of aliphatic imine (C=N–C) groups is 1. The third-order valence-corrected chi connectivity index (χ3v) is 2.58. The van der Waals surface area contributed by atoms with Gasteiger partial charge in [0.05, 0.1) is 17.3 Å². The number of fused-ring (bicyclic) bond motifs is 1. The van der Waals surface area contributed by atoms with Crippen LogP contribution < -0.4 is 11.1 Å². The smallest absolute Gasteiger partial charge is 0.224 e. The van der Waals surface area contributed by atoms with Gasteiger partial charge < -0.3 is 11.1 Å². The van der Waals surface area contributed by atoms with Crippen LogP contribution in [0, 0.1) is 0 Å². The summed E-state index contributed by atoms with van der Waals surface area (Å²) in [7, 11) is 0. The van der Waals surface area contributed by atoms with Crippen LogP contribution in [0.1, 0.15) is 18.4 Å². The van der Waals surface area contributed by atoms with Gasteiger partial charge in [0.25, 0.3) is 0 Å². The van der Waals surface area contributed by atoms with E-state index in [1.807, 2.05) is 24.3 Å². The number of carbonyl (C=O) groups is 1. The van der Waals surface area contributed by atoms with Crippen LogP contribution in [0.25, 0.3) is 0 Å². The maximum atomic E-state index is 11.1. The Kier molecular flexibility index (Phi) is 2.72. The van der Waals surface area contributed by atoms with E-state index in [0.717, 1.165) is 16.9 Å². The Balaban J connectivity index is 2.39. The fraction of sp³-hybridized carbons (Fsp3) is 0.167. The molecule has 1 aliphatic heterocycles. The SMILES string of the molecule is CC(C(N)=O)c1ccc2c(c1)NC=CC=N2. The van der Waals surface area contributed by atoms with Gasteiger partial charge in [0, 0.05) is 12.4 Å². The fourth-order valence-electron chi connectivity index (χ4n) is 1.52. The highest BCUT2D eigenvalue weighted by Crippen LogP contribution is 2.29. The summed E-state index contributed by atoms with van der Waals surface area (Å²) in [6.45, 7) is 1.79. The Morgan fingerprint density at radius 3 is 3.06 bits per heavy atom. The van der Waals surface area contributed by atoms with Crippen LogP contribution in [0.3, 0.4) is 0 Å². The van der Waals surface area contributed by atoms with Crippen molar-refractivity contribution < 1.29 is 4.79 Å². The highest BCUT2D eigenvalue weighted by Gasteiger charge is 2.13. The number of carbonyl (C=O) groups excluding carboxylic acids is 1. The average molecular weight is 215 g/mol. The molecule has 2 rings (SSSR count). The first-order chi connectivity index (χ1) is 7.68. The number of nitrogens with one attached hydrogen (secondary N) is 1. The van der Waals surface area contributed by atoms with Crippen molar-refractivity contribution >= 4 is 23.5 Å². The van der Waals surface area contributed by atoms with Crippen molar-refractivity contribution in [2.75, 3.05) is 5.32 Å². The third-order valence-electron chi connectivity index (χ3n) is 2.58. The molecule has 82 valence electrons. The molecule has 0 saturated heterocycles. The highest BCUT2D eigenvalue weighted by molar-refractivity contribution is 5.85. The lowest BCUT2D eigenvalue weighted by atomic mass is 9.99. The molecule has 1 aliphatic rings. The number of rotatable bonds is 2. The Morgan fingerprint density at radius 1 is 1.50 bits per heavy atom. The Labute approximate surface area is 93.9 Å². The summed E-state index contributed by atoms with van der Waals surface area (Å²) < 4.78 is 0. The molecule has 0 fully saturated rings. The minimum absolute atomic E-state index is 0.289. The predicted octanol–water partition coefficient (Wildman–Crippen LogP) is 1.92. The van der Waals surface area contributed by atoms with Crippen LogP contribution >= 0.6 is 0 Å². The molecule has 0 radical (unpaired) electrons. The summed E-state index contributed by atoms with van der Waals surface area (Å²) in [5.41, 5.74) is 7.90. The summed E-state index contributed by atoms with van der Waals surface area (Å²) in [6.07, 6.45) is 5.33. The summed E-state index contributed by atoms with van der Waals surface area (Å²) in [5, 5.41) is 3.10. The molecule has 4 nitrogen and oxygen atoms in total. The van der Waals surface area contributed by atoms with Crippen molar-refractivity contribution in [1.29, 1.82) is 0 Å². The van der Waals surface area contributed by atoms with E-state index < -0.39 is 0 Å². The van der Waals surface area contributed by atoms with Gasteiger partial charge in [-0.1, -0.05) is 6.07 Å². The van der Waals surface area contributed by atoms with E-state index in [0.29, 0.717) is 0 Å². The van der Waals surface area contributed by atoms with E-state index in [-0.39, 0.29) is 11.8 Å². The summed E-state index contributed by atoms with van der Waals surface area (Å²) in [5.74, 6) is -0.615. The summed E-state index contributed by atoms with van der Waals surface area (Å²) in [4.78, 5) is 15.3. The number of hydrogen-bond donors (Lipinski definition) is 2. The van der Waals surface area contributed by atoms with Crippen LogP contribution in [-0.2, 0) is 4.79 Å². The van der Waals surface area contributed by atoms with Crippen LogP contribution in [0.4, 0.5) is 11.4 Å². The molecule has 4 heteroatoms. The normalized spacial score (nSPS) is 14.8. The molecule has 0 aliphatic carbocycles. The van der Waals surface area contributed by atoms with E-state index >= 15 is 0 Å². The molecule has 0 saturated carbocycles. The van der Waals surface area contributed by atoms with Crippen molar-refractivity contribution in [3.63, 3.8) is 0 Å². The molecule has 1 amide bonds. The number of benzene rings is 1. The molecule has 1 heterocycles. The first-order valence-electron chi connectivity index (χ1n) is 5.07. The largest absolute Gasteiger partial charge is 0.369 e. The number of primary amides is 1. The number of hydrogen-bond acceptors (Lipinski definition) is 3. The zero-order valence-corrected chi connectivity index (χ0v) is 8.97. The zero-order valence-electron chi connectivity index (χ0n) is 8.97. The molecule has 1 atom stereocenters. The van der Waals surface area contributed by atoms with Crippen molar-refractivity contribution in [3.05, 3.63) is 36.0 Å². The van der Waals surface area contributed by atoms with Crippen LogP contribution in [0.5, 0.6) is 0 Å². The van der Waals surface area contributed by atoms with E-state index in [2.05, 4.69) is 10.3 Å². The molecule has 1 aromatic rings. The third kappa shape index (κ3) is 1.95. The monoisotopic (exact) mass is 215 g/mol. The van der Waals surface area contributed by atoms with Gasteiger partial charge in [0.15, 0.2) is 0 Å². The lowest BCUT2D eigenvalue weighted by Gasteiger charge is -2.11. The molecule has 0 spiro atoms. The topological polar surface area (TPSA) is 67.5 Å².